The number of aliphatic hydroxyl groups is 2. The Labute approximate surface area is 99.3 Å². The Morgan fingerprint density at radius 1 is 1.59 bits per heavy atom. The van der Waals surface area contributed by atoms with Gasteiger partial charge < -0.3 is 19.7 Å². The van der Waals surface area contributed by atoms with Crippen molar-refractivity contribution < 1.29 is 24.5 Å². The van der Waals surface area contributed by atoms with E-state index in [4.69, 9.17) is 4.74 Å². The number of carbonyl (C=O) groups is 1. The molecule has 0 aromatic heterocycles. The van der Waals surface area contributed by atoms with Crippen LogP contribution in [-0.2, 0) is 14.3 Å². The van der Waals surface area contributed by atoms with Gasteiger partial charge in [0.05, 0.1) is 32.3 Å². The van der Waals surface area contributed by atoms with Gasteiger partial charge in [0.1, 0.15) is 0 Å². The molecule has 0 saturated heterocycles. The summed E-state index contributed by atoms with van der Waals surface area (Å²) in [5, 5.41) is 18.9. The van der Waals surface area contributed by atoms with Crippen molar-refractivity contribution in [1.82, 2.24) is 0 Å². The van der Waals surface area contributed by atoms with E-state index in [9.17, 15) is 15.0 Å². The van der Waals surface area contributed by atoms with Crippen molar-refractivity contribution in [1.29, 1.82) is 0 Å². The quantitative estimate of drug-likeness (QED) is 0.549. The second kappa shape index (κ2) is 4.89. The minimum Gasteiger partial charge on any atom is -0.472 e. The first-order valence-corrected chi connectivity index (χ1v) is 5.56. The fourth-order valence-electron chi connectivity index (χ4n) is 2.49. The maximum atomic E-state index is 11.3. The lowest BCUT2D eigenvalue weighted by Gasteiger charge is -2.32. The predicted molar refractivity (Wildman–Crippen MR) is 58.6 cm³/mol. The summed E-state index contributed by atoms with van der Waals surface area (Å²) in [5.41, 5.74) is 1.59. The second-order valence-electron chi connectivity index (χ2n) is 4.28. The van der Waals surface area contributed by atoms with Gasteiger partial charge in [0.15, 0.2) is 0 Å². The number of ether oxygens (including phenoxy) is 2. The van der Waals surface area contributed by atoms with Crippen LogP contribution in [0.1, 0.15) is 12.8 Å². The normalized spacial score (nSPS) is 31.1. The first kappa shape index (κ1) is 12.1. The summed E-state index contributed by atoms with van der Waals surface area (Å²) in [6.45, 7) is -0.0902. The largest absolute Gasteiger partial charge is 0.472 e. The summed E-state index contributed by atoms with van der Waals surface area (Å²) in [6.07, 6.45) is 3.28. The van der Waals surface area contributed by atoms with Crippen LogP contribution in [0.2, 0.25) is 0 Å². The third kappa shape index (κ3) is 2.21. The Morgan fingerprint density at radius 3 is 3.00 bits per heavy atom. The van der Waals surface area contributed by atoms with E-state index in [1.165, 1.54) is 13.4 Å². The van der Waals surface area contributed by atoms with Crippen LogP contribution in [-0.4, -0.2) is 36.2 Å². The number of aliphatic hydroxyl groups excluding tert-OH is 2. The van der Waals surface area contributed by atoms with Crippen molar-refractivity contribution >= 4 is 5.97 Å². The Kier molecular flexibility index (Phi) is 3.49. The van der Waals surface area contributed by atoms with Gasteiger partial charge in [0.2, 0.25) is 6.29 Å². The molecule has 17 heavy (non-hydrogen) atoms. The fourth-order valence-corrected chi connectivity index (χ4v) is 2.49. The zero-order valence-corrected chi connectivity index (χ0v) is 9.63. The molecule has 94 valence electrons. The molecule has 1 aliphatic carbocycles. The molecule has 2 aliphatic rings. The molecule has 0 spiro atoms. The first-order valence-electron chi connectivity index (χ1n) is 5.56. The molecule has 3 atom stereocenters. The van der Waals surface area contributed by atoms with E-state index in [2.05, 4.69) is 4.74 Å². The average Bonchev–Trinajstić information content (AvgIpc) is 2.77. The molecule has 0 amide bonds. The number of carbonyl (C=O) groups excluding carboxylic acids is 1. The number of fused-ring (bicyclic) bond motifs is 1. The Hall–Kier alpha value is -1.33. The Balaban J connectivity index is 2.14. The van der Waals surface area contributed by atoms with Gasteiger partial charge >= 0.3 is 5.97 Å². The highest BCUT2D eigenvalue weighted by atomic mass is 16.6. The van der Waals surface area contributed by atoms with E-state index < -0.39 is 6.29 Å². The lowest BCUT2D eigenvalue weighted by molar-refractivity contribution is -0.141. The fraction of sp³-hybridized carbons (Fsp3) is 0.583. The minimum atomic E-state index is -0.942. The summed E-state index contributed by atoms with van der Waals surface area (Å²) in [7, 11) is 1.34. The molecule has 5 nitrogen and oxygen atoms in total. The lowest BCUT2D eigenvalue weighted by atomic mass is 9.82. The van der Waals surface area contributed by atoms with Crippen LogP contribution >= 0.6 is 0 Å². The zero-order chi connectivity index (χ0) is 12.4. The molecule has 0 aromatic rings. The molecule has 1 heterocycles. The molecule has 0 fully saturated rings. The predicted octanol–water partition coefficient (Wildman–Crippen LogP) is 0.337. The van der Waals surface area contributed by atoms with Gasteiger partial charge in [0, 0.05) is 0 Å². The van der Waals surface area contributed by atoms with E-state index >= 15 is 0 Å². The summed E-state index contributed by atoms with van der Waals surface area (Å²) in [6, 6.07) is 0. The second-order valence-corrected chi connectivity index (χ2v) is 4.28. The lowest BCUT2D eigenvalue weighted by Crippen LogP contribution is -2.33. The van der Waals surface area contributed by atoms with Crippen molar-refractivity contribution in [2.45, 2.75) is 19.1 Å². The minimum absolute atomic E-state index is 0.0278. The number of allylic oxidation sites excluding steroid dienone is 1. The summed E-state index contributed by atoms with van der Waals surface area (Å²) < 4.78 is 9.73. The third-order valence-electron chi connectivity index (χ3n) is 3.40. The molecule has 5 heteroatoms. The first-order chi connectivity index (χ1) is 8.17. The van der Waals surface area contributed by atoms with E-state index in [0.29, 0.717) is 6.42 Å². The van der Waals surface area contributed by atoms with Gasteiger partial charge in [-0.3, -0.25) is 4.79 Å². The standard InChI is InChI=1S/C12H16O5/c1-16-10(14)4-8-6-17-12(15)11-7(5-13)2-3-9(8)11/h2,6,9,11-13,15H,3-5H2,1H3/t9-,11?,12?/m0/s1. The highest BCUT2D eigenvalue weighted by Gasteiger charge is 2.41. The molecule has 0 bridgehead atoms. The Morgan fingerprint density at radius 2 is 2.35 bits per heavy atom. The topological polar surface area (TPSA) is 76.0 Å². The number of hydrogen-bond acceptors (Lipinski definition) is 5. The molecule has 0 radical (unpaired) electrons. The number of esters is 1. The molecule has 0 aromatic carbocycles. The van der Waals surface area contributed by atoms with Gasteiger partial charge in [-0.15, -0.1) is 0 Å². The third-order valence-corrected chi connectivity index (χ3v) is 3.40. The molecule has 2 unspecified atom stereocenters. The summed E-state index contributed by atoms with van der Waals surface area (Å²) in [5.74, 6) is -0.544. The monoisotopic (exact) mass is 240 g/mol. The highest BCUT2D eigenvalue weighted by Crippen LogP contribution is 2.43. The number of methoxy groups -OCH3 is 1. The highest BCUT2D eigenvalue weighted by molar-refractivity contribution is 5.72. The van der Waals surface area contributed by atoms with Crippen LogP contribution in [0.25, 0.3) is 0 Å². The van der Waals surface area contributed by atoms with Gasteiger partial charge in [0.25, 0.3) is 0 Å². The van der Waals surface area contributed by atoms with E-state index in [0.717, 1.165) is 11.1 Å². The Bertz CT molecular complexity index is 371. The summed E-state index contributed by atoms with van der Waals surface area (Å²) >= 11 is 0. The SMILES string of the molecule is COC(=O)CC1=COC(O)C2C(CO)=CC[C@@H]12. The van der Waals surface area contributed by atoms with Crippen molar-refractivity contribution in [3.8, 4) is 0 Å². The molecular formula is C12H16O5. The maximum Gasteiger partial charge on any atom is 0.309 e. The van der Waals surface area contributed by atoms with Crippen LogP contribution < -0.4 is 0 Å². The van der Waals surface area contributed by atoms with Crippen molar-refractivity contribution in [3.63, 3.8) is 0 Å². The van der Waals surface area contributed by atoms with Gasteiger partial charge in [-0.25, -0.2) is 0 Å². The molecule has 1 aliphatic heterocycles. The van der Waals surface area contributed by atoms with E-state index in [-0.39, 0.29) is 30.8 Å². The van der Waals surface area contributed by atoms with Gasteiger partial charge in [-0.05, 0) is 23.5 Å². The molecule has 0 saturated carbocycles. The van der Waals surface area contributed by atoms with Gasteiger partial charge in [-0.1, -0.05) is 6.08 Å². The molecule has 2 rings (SSSR count). The number of rotatable bonds is 3. The smallest absolute Gasteiger partial charge is 0.309 e. The van der Waals surface area contributed by atoms with Crippen LogP contribution in [0, 0.1) is 11.8 Å². The van der Waals surface area contributed by atoms with E-state index in [1.807, 2.05) is 6.08 Å². The number of hydrogen-bond donors (Lipinski definition) is 2. The van der Waals surface area contributed by atoms with Crippen LogP contribution in [0.3, 0.4) is 0 Å². The summed E-state index contributed by atoms with van der Waals surface area (Å²) in [4.78, 5) is 11.3. The molecule has 2 N–H and O–H groups in total. The zero-order valence-electron chi connectivity index (χ0n) is 9.63. The van der Waals surface area contributed by atoms with E-state index in [1.54, 1.807) is 0 Å². The van der Waals surface area contributed by atoms with Crippen molar-refractivity contribution in [3.05, 3.63) is 23.5 Å². The van der Waals surface area contributed by atoms with Gasteiger partial charge in [-0.2, -0.15) is 0 Å². The molecular weight excluding hydrogens is 224 g/mol. The van der Waals surface area contributed by atoms with Crippen molar-refractivity contribution in [2.75, 3.05) is 13.7 Å². The maximum absolute atomic E-state index is 11.3. The van der Waals surface area contributed by atoms with Crippen molar-refractivity contribution in [2.24, 2.45) is 11.8 Å². The van der Waals surface area contributed by atoms with Crippen LogP contribution in [0.15, 0.2) is 23.5 Å². The van der Waals surface area contributed by atoms with Crippen LogP contribution in [0.4, 0.5) is 0 Å². The average molecular weight is 240 g/mol. The van der Waals surface area contributed by atoms with Crippen LogP contribution in [0.5, 0.6) is 0 Å².